The molecule has 4 unspecified atom stereocenters. The van der Waals surface area contributed by atoms with Crippen molar-refractivity contribution < 1.29 is 24.1 Å². The lowest BCUT2D eigenvalue weighted by atomic mass is 9.90. The molecule has 190 valence electrons. The number of ether oxygens (including phenoxy) is 3. The van der Waals surface area contributed by atoms with Crippen LogP contribution in [0.2, 0.25) is 10.3 Å². The van der Waals surface area contributed by atoms with Crippen molar-refractivity contribution in [2.45, 2.75) is 38.6 Å². The van der Waals surface area contributed by atoms with Crippen LogP contribution in [-0.4, -0.2) is 33.5 Å². The summed E-state index contributed by atoms with van der Waals surface area (Å²) in [5.41, 5.74) is 3.03. The van der Waals surface area contributed by atoms with E-state index < -0.39 is 12.4 Å². The topological polar surface area (TPSA) is 94.8 Å². The lowest BCUT2D eigenvalue weighted by Crippen LogP contribution is -2.39. The molecule has 1 aromatic heterocycles. The van der Waals surface area contributed by atoms with Crippen LogP contribution in [0.1, 0.15) is 36.0 Å². The van der Waals surface area contributed by atoms with Crippen LogP contribution < -0.4 is 5.32 Å². The van der Waals surface area contributed by atoms with Crippen LogP contribution in [0.5, 0.6) is 0 Å². The number of aliphatic hydroxyl groups is 1. The van der Waals surface area contributed by atoms with E-state index >= 15 is 0 Å². The fraction of sp³-hybridized carbons (Fsp3) is 0.308. The molecule has 4 rings (SSSR count). The third kappa shape index (κ3) is 6.08. The number of carbonyl (C=O) groups is 1. The van der Waals surface area contributed by atoms with Gasteiger partial charge in [0, 0.05) is 17.2 Å². The fourth-order valence-electron chi connectivity index (χ4n) is 4.04. The largest absolute Gasteiger partial charge is 0.445 e. The number of aromatic nitrogens is 2. The van der Waals surface area contributed by atoms with Crippen LogP contribution in [0, 0.1) is 5.92 Å². The predicted molar refractivity (Wildman–Crippen MR) is 137 cm³/mol. The van der Waals surface area contributed by atoms with Crippen molar-refractivity contribution in [3.05, 3.63) is 94.5 Å². The minimum absolute atomic E-state index is 0.0371. The Balaban J connectivity index is 1.61. The number of aliphatic hydroxyl groups excluding tert-OH is 1. The Labute approximate surface area is 219 Å². The maximum atomic E-state index is 12.0. The molecule has 8 nitrogen and oxygen atoms in total. The Hall–Kier alpha value is -2.88. The van der Waals surface area contributed by atoms with Crippen molar-refractivity contribution >= 4 is 35.0 Å². The van der Waals surface area contributed by atoms with Gasteiger partial charge in [-0.25, -0.2) is 9.78 Å². The van der Waals surface area contributed by atoms with Gasteiger partial charge >= 0.3 is 6.09 Å². The maximum absolute atomic E-state index is 12.0. The van der Waals surface area contributed by atoms with Crippen molar-refractivity contribution in [1.82, 2.24) is 9.55 Å². The van der Waals surface area contributed by atoms with Crippen molar-refractivity contribution in [1.29, 1.82) is 0 Å². The normalized spacial score (nSPS) is 21.7. The number of nitrogens with one attached hydrogen (secondary N) is 1. The number of carbonyl (C=O) groups excluding carboxylic acids is 1. The first-order chi connectivity index (χ1) is 17.4. The molecule has 1 aliphatic rings. The van der Waals surface area contributed by atoms with E-state index in [0.29, 0.717) is 17.4 Å². The highest BCUT2D eigenvalue weighted by Crippen LogP contribution is 2.42. The van der Waals surface area contributed by atoms with E-state index in [1.54, 1.807) is 29.1 Å². The monoisotopic (exact) mass is 531 g/mol. The Morgan fingerprint density at radius 2 is 2.00 bits per heavy atom. The molecular formula is C26H27Cl2N3O5. The van der Waals surface area contributed by atoms with Gasteiger partial charge in [-0.1, -0.05) is 79.2 Å². The Morgan fingerprint density at radius 1 is 1.22 bits per heavy atom. The highest BCUT2D eigenvalue weighted by Gasteiger charge is 2.39. The third-order valence-electron chi connectivity index (χ3n) is 5.97. The summed E-state index contributed by atoms with van der Waals surface area (Å²) in [6, 6.07) is 14.8. The number of rotatable bonds is 8. The van der Waals surface area contributed by atoms with Gasteiger partial charge in [0.05, 0.1) is 31.7 Å². The lowest BCUT2D eigenvalue weighted by Gasteiger charge is -2.41. The average Bonchev–Trinajstić information content (AvgIpc) is 3.21. The van der Waals surface area contributed by atoms with Gasteiger partial charge in [-0.05, 0) is 23.3 Å². The molecule has 0 saturated carbocycles. The zero-order chi connectivity index (χ0) is 25.7. The molecule has 36 heavy (non-hydrogen) atoms. The summed E-state index contributed by atoms with van der Waals surface area (Å²) in [4.78, 5) is 16.1. The molecule has 2 N–H and O–H groups in total. The third-order valence-corrected chi connectivity index (χ3v) is 6.74. The van der Waals surface area contributed by atoms with Gasteiger partial charge in [-0.15, -0.1) is 0 Å². The Kier molecular flexibility index (Phi) is 8.66. The van der Waals surface area contributed by atoms with E-state index in [1.807, 2.05) is 37.3 Å². The number of hydrogen-bond donors (Lipinski definition) is 2. The number of benzene rings is 2. The summed E-state index contributed by atoms with van der Waals surface area (Å²) in [6.45, 7) is 6.07. The van der Waals surface area contributed by atoms with E-state index in [1.165, 1.54) is 6.08 Å². The van der Waals surface area contributed by atoms with Gasteiger partial charge in [0.25, 0.3) is 0 Å². The van der Waals surface area contributed by atoms with Crippen LogP contribution in [0.3, 0.4) is 0 Å². The van der Waals surface area contributed by atoms with Gasteiger partial charge in [0.1, 0.15) is 11.8 Å². The maximum Gasteiger partial charge on any atom is 0.411 e. The van der Waals surface area contributed by atoms with E-state index in [0.717, 1.165) is 16.7 Å². The van der Waals surface area contributed by atoms with Gasteiger partial charge in [-0.3, -0.25) is 5.32 Å². The van der Waals surface area contributed by atoms with E-state index in [-0.39, 0.29) is 36.5 Å². The van der Waals surface area contributed by atoms with Crippen LogP contribution in [0.15, 0.2) is 67.5 Å². The first-order valence-electron chi connectivity index (χ1n) is 11.4. The molecule has 2 heterocycles. The van der Waals surface area contributed by atoms with Crippen molar-refractivity contribution in [3.63, 3.8) is 0 Å². The molecule has 1 aliphatic heterocycles. The zero-order valence-electron chi connectivity index (χ0n) is 19.6. The Bertz CT molecular complexity index is 1200. The molecule has 0 bridgehead atoms. The number of imidazole rings is 1. The second-order valence-electron chi connectivity index (χ2n) is 8.44. The molecule has 2 aromatic carbocycles. The lowest BCUT2D eigenvalue weighted by molar-refractivity contribution is -0.276. The predicted octanol–water partition coefficient (Wildman–Crippen LogP) is 5.91. The molecule has 0 spiro atoms. The highest BCUT2D eigenvalue weighted by molar-refractivity contribution is 6.40. The molecule has 3 aromatic rings. The van der Waals surface area contributed by atoms with Gasteiger partial charge in [0.15, 0.2) is 11.4 Å². The number of halogens is 2. The summed E-state index contributed by atoms with van der Waals surface area (Å²) in [6.07, 6.45) is 1.15. The number of anilines is 1. The van der Waals surface area contributed by atoms with Crippen molar-refractivity contribution in [2.24, 2.45) is 5.92 Å². The van der Waals surface area contributed by atoms with E-state index in [4.69, 9.17) is 37.4 Å². The summed E-state index contributed by atoms with van der Waals surface area (Å²) in [7, 11) is 0. The average molecular weight is 532 g/mol. The minimum Gasteiger partial charge on any atom is -0.445 e. The Morgan fingerprint density at radius 3 is 2.67 bits per heavy atom. The van der Waals surface area contributed by atoms with Gasteiger partial charge < -0.3 is 23.9 Å². The summed E-state index contributed by atoms with van der Waals surface area (Å²) >= 11 is 12.4. The van der Waals surface area contributed by atoms with Gasteiger partial charge in [-0.2, -0.15) is 0 Å². The number of amides is 1. The van der Waals surface area contributed by atoms with Crippen LogP contribution in [-0.2, 0) is 27.4 Å². The first kappa shape index (κ1) is 26.2. The molecular weight excluding hydrogens is 505 g/mol. The molecule has 1 fully saturated rings. The molecule has 1 saturated heterocycles. The van der Waals surface area contributed by atoms with E-state index in [9.17, 15) is 9.90 Å². The smallest absolute Gasteiger partial charge is 0.411 e. The number of hydrogen-bond acceptors (Lipinski definition) is 6. The zero-order valence-corrected chi connectivity index (χ0v) is 21.2. The van der Waals surface area contributed by atoms with Crippen LogP contribution >= 0.6 is 23.2 Å². The SMILES string of the molecule is C=CCOC(=O)Nc1cccc(C2OC(Cn3cnc(Cl)c3Cl)C(C)C(c3ccc(CO)cc3)O2)c1. The van der Waals surface area contributed by atoms with Crippen molar-refractivity contribution in [3.8, 4) is 0 Å². The second kappa shape index (κ2) is 11.9. The molecule has 1 amide bonds. The highest BCUT2D eigenvalue weighted by atomic mass is 35.5. The first-order valence-corrected chi connectivity index (χ1v) is 12.2. The minimum atomic E-state index is -0.725. The van der Waals surface area contributed by atoms with E-state index in [2.05, 4.69) is 16.9 Å². The van der Waals surface area contributed by atoms with Crippen LogP contribution in [0.25, 0.3) is 0 Å². The quantitative estimate of drug-likeness (QED) is 0.351. The standard InChI is InChI=1S/C26H27Cl2N3O5/c1-3-11-34-26(33)30-20-6-4-5-19(12-20)25-35-21(13-31-15-29-23(27)24(31)28)16(2)22(36-25)18-9-7-17(14-32)8-10-18/h3-10,12,15-16,21-22,25,32H,1,11,13-14H2,2H3,(H,30,33). The van der Waals surface area contributed by atoms with Crippen LogP contribution in [0.4, 0.5) is 10.5 Å². The summed E-state index contributed by atoms with van der Waals surface area (Å²) in [5, 5.41) is 12.7. The summed E-state index contributed by atoms with van der Waals surface area (Å²) < 4.78 is 19.6. The fourth-order valence-corrected chi connectivity index (χ4v) is 4.36. The molecule has 4 atom stereocenters. The number of nitrogens with zero attached hydrogens (tertiary/aromatic N) is 2. The second-order valence-corrected chi connectivity index (χ2v) is 9.15. The van der Waals surface area contributed by atoms with Gasteiger partial charge in [0.2, 0.25) is 0 Å². The molecule has 0 aliphatic carbocycles. The molecule has 10 heteroatoms. The summed E-state index contributed by atoms with van der Waals surface area (Å²) in [5.74, 6) is -0.0614. The molecule has 0 radical (unpaired) electrons. The van der Waals surface area contributed by atoms with Crippen molar-refractivity contribution in [2.75, 3.05) is 11.9 Å².